The van der Waals surface area contributed by atoms with Crippen molar-refractivity contribution in [3.8, 4) is 0 Å². The number of hydrogen-bond donors (Lipinski definition) is 2. The first-order chi connectivity index (χ1) is 21.3. The summed E-state index contributed by atoms with van der Waals surface area (Å²) in [6.45, 7) is 17.3. The Labute approximate surface area is 274 Å². The fourth-order valence-electron chi connectivity index (χ4n) is 7.59. The van der Waals surface area contributed by atoms with Crippen molar-refractivity contribution in [3.63, 3.8) is 0 Å². The zero-order valence-electron chi connectivity index (χ0n) is 28.8. The van der Waals surface area contributed by atoms with Gasteiger partial charge in [-0.05, 0) is 92.4 Å². The molecule has 7 heteroatoms. The lowest BCUT2D eigenvalue weighted by atomic mass is 9.65. The van der Waals surface area contributed by atoms with Crippen molar-refractivity contribution >= 4 is 11.9 Å². The molecule has 0 unspecified atom stereocenters. The van der Waals surface area contributed by atoms with Gasteiger partial charge < -0.3 is 24.4 Å². The molecule has 4 rings (SSSR count). The van der Waals surface area contributed by atoms with Crippen molar-refractivity contribution in [1.29, 1.82) is 0 Å². The predicted octanol–water partition coefficient (Wildman–Crippen LogP) is 7.21. The molecular formula is C39H50O7. The van der Waals surface area contributed by atoms with Crippen LogP contribution in [0.3, 0.4) is 0 Å². The van der Waals surface area contributed by atoms with Crippen LogP contribution in [0.15, 0.2) is 100 Å². The molecule has 5 atom stereocenters. The normalized spacial score (nSPS) is 33.5. The van der Waals surface area contributed by atoms with Gasteiger partial charge >= 0.3 is 11.9 Å². The van der Waals surface area contributed by atoms with Gasteiger partial charge in [-0.2, -0.15) is 0 Å². The van der Waals surface area contributed by atoms with Crippen LogP contribution in [0.5, 0.6) is 0 Å². The van der Waals surface area contributed by atoms with E-state index < -0.39 is 29.4 Å². The number of aliphatic hydroxyl groups excluding tert-OH is 1. The first kappa shape index (κ1) is 35.4. The van der Waals surface area contributed by atoms with E-state index in [0.29, 0.717) is 37.0 Å². The van der Waals surface area contributed by atoms with E-state index in [2.05, 4.69) is 19.6 Å². The Hall–Kier alpha value is -3.48. The Kier molecular flexibility index (Phi) is 10.2. The van der Waals surface area contributed by atoms with Crippen LogP contribution in [0, 0.1) is 10.8 Å². The van der Waals surface area contributed by atoms with E-state index in [-0.39, 0.29) is 22.9 Å². The highest BCUT2D eigenvalue weighted by Gasteiger charge is 2.52. The molecule has 0 amide bonds. The van der Waals surface area contributed by atoms with E-state index in [1.165, 1.54) is 6.92 Å². The number of rotatable bonds is 7. The molecule has 7 nitrogen and oxygen atoms in total. The molecule has 4 aliphatic rings. The summed E-state index contributed by atoms with van der Waals surface area (Å²) < 4.78 is 17.3. The number of carbonyl (C=O) groups is 2. The lowest BCUT2D eigenvalue weighted by Crippen LogP contribution is -2.46. The van der Waals surface area contributed by atoms with Crippen LogP contribution in [0.1, 0.15) is 88.0 Å². The summed E-state index contributed by atoms with van der Waals surface area (Å²) in [7, 11) is 0. The third kappa shape index (κ3) is 8.26. The van der Waals surface area contributed by atoms with Gasteiger partial charge in [0.2, 0.25) is 0 Å². The smallest absolute Gasteiger partial charge is 0.342 e. The quantitative estimate of drug-likeness (QED) is 0.133. The number of cyclic esters (lactones) is 1. The maximum Gasteiger partial charge on any atom is 0.342 e. The van der Waals surface area contributed by atoms with E-state index in [1.807, 2.05) is 89.3 Å². The largest absolute Gasteiger partial charge is 0.462 e. The Morgan fingerprint density at radius 1 is 0.935 bits per heavy atom. The van der Waals surface area contributed by atoms with Crippen LogP contribution >= 0.6 is 0 Å². The summed E-state index contributed by atoms with van der Waals surface area (Å²) in [6.07, 6.45) is 19.9. The molecule has 2 fully saturated rings. The minimum absolute atomic E-state index is 0.210. The summed E-state index contributed by atoms with van der Waals surface area (Å²) in [5.41, 5.74) is 5.32. The van der Waals surface area contributed by atoms with E-state index in [0.717, 1.165) is 22.3 Å². The van der Waals surface area contributed by atoms with Crippen LogP contribution in [0.25, 0.3) is 0 Å². The third-order valence-electron chi connectivity index (χ3n) is 9.20. The first-order valence-electron chi connectivity index (χ1n) is 16.1. The van der Waals surface area contributed by atoms with Crippen molar-refractivity contribution in [1.82, 2.24) is 0 Å². The number of fused-ring (bicyclic) bond motifs is 1. The van der Waals surface area contributed by atoms with Gasteiger partial charge in [0.15, 0.2) is 0 Å². The molecule has 46 heavy (non-hydrogen) atoms. The van der Waals surface area contributed by atoms with Crippen LogP contribution in [0.2, 0.25) is 0 Å². The molecule has 0 aromatic rings. The molecule has 248 valence electrons. The van der Waals surface area contributed by atoms with Gasteiger partial charge in [-0.1, -0.05) is 64.2 Å². The highest BCUT2D eigenvalue weighted by Crippen LogP contribution is 2.52. The van der Waals surface area contributed by atoms with Crippen LogP contribution < -0.4 is 0 Å². The number of allylic oxidation sites excluding steroid dienone is 10. The lowest BCUT2D eigenvalue weighted by Gasteiger charge is -2.44. The van der Waals surface area contributed by atoms with Crippen molar-refractivity contribution in [2.75, 3.05) is 0 Å². The van der Waals surface area contributed by atoms with Crippen LogP contribution in [-0.2, 0) is 23.8 Å². The Bertz CT molecular complexity index is 1510. The average molecular weight is 631 g/mol. The number of carbonyl (C=O) groups excluding carboxylic acids is 2. The molecule has 0 spiro atoms. The third-order valence-corrected chi connectivity index (χ3v) is 9.20. The zero-order valence-corrected chi connectivity index (χ0v) is 28.8. The van der Waals surface area contributed by atoms with Crippen molar-refractivity contribution in [2.45, 2.75) is 118 Å². The molecule has 2 N–H and O–H groups in total. The van der Waals surface area contributed by atoms with Crippen molar-refractivity contribution in [3.05, 3.63) is 100 Å². The minimum atomic E-state index is -1.12. The number of ether oxygens (including phenoxy) is 3. The Morgan fingerprint density at radius 2 is 1.59 bits per heavy atom. The SMILES string of the molecule is CC(=O)O[C@H]1CC(C)(C)C(=C=C/C(C)=C/C=C/C=C/C=C(C)/C=C2/C=C([C@@H]3C=C4C(C)(C)C[C@H](O)C[C@@]4(C)O3)C(=O)O2)[C@](C)(O)C1. The Morgan fingerprint density at radius 3 is 2.22 bits per heavy atom. The summed E-state index contributed by atoms with van der Waals surface area (Å²) in [6, 6.07) is 0. The van der Waals surface area contributed by atoms with Crippen molar-refractivity contribution < 1.29 is 34.0 Å². The summed E-state index contributed by atoms with van der Waals surface area (Å²) in [5.74, 6) is -0.270. The fourth-order valence-corrected chi connectivity index (χ4v) is 7.59. The maximum atomic E-state index is 12.7. The van der Waals surface area contributed by atoms with Gasteiger partial charge in [0, 0.05) is 25.3 Å². The predicted molar refractivity (Wildman–Crippen MR) is 179 cm³/mol. The molecule has 2 aliphatic carbocycles. The zero-order chi connectivity index (χ0) is 34.1. The summed E-state index contributed by atoms with van der Waals surface area (Å²) in [5, 5.41) is 21.5. The van der Waals surface area contributed by atoms with Gasteiger partial charge in [0.05, 0.1) is 22.9 Å². The number of aliphatic hydroxyl groups is 2. The molecule has 2 saturated carbocycles. The number of esters is 2. The van der Waals surface area contributed by atoms with Gasteiger partial charge in [0.25, 0.3) is 0 Å². The molecule has 0 saturated heterocycles. The van der Waals surface area contributed by atoms with Gasteiger partial charge in [-0.15, -0.1) is 5.73 Å². The molecule has 0 aromatic carbocycles. The van der Waals surface area contributed by atoms with E-state index >= 15 is 0 Å². The number of hydrogen-bond acceptors (Lipinski definition) is 7. The summed E-state index contributed by atoms with van der Waals surface area (Å²) >= 11 is 0. The maximum absolute atomic E-state index is 12.7. The standard InChI is InChI=1S/C39H50O7/c1-25(16-17-33-37(6,7)23-30(44-27(3)40)24-38(33,8)43)14-12-10-11-13-15-26(2)18-29-19-31(35(42)45-29)32-20-34-36(4,5)21-28(41)22-39(34,9)46-32/h10-16,18-20,28,30,32,41,43H,21-24H2,1-9H3/b12-10+,13-11+,25-14+,26-15+,29-18-/t17?,28-,30-,32-,38+,39+/m0/s1. The Balaban J connectivity index is 1.37. The fraction of sp³-hybridized carbons (Fsp3) is 0.513. The van der Waals surface area contributed by atoms with E-state index in [1.54, 1.807) is 13.0 Å². The van der Waals surface area contributed by atoms with Crippen LogP contribution in [0.4, 0.5) is 0 Å². The average Bonchev–Trinajstić information content (AvgIpc) is 3.42. The van der Waals surface area contributed by atoms with Crippen molar-refractivity contribution in [2.24, 2.45) is 10.8 Å². The highest BCUT2D eigenvalue weighted by atomic mass is 16.6. The summed E-state index contributed by atoms with van der Waals surface area (Å²) in [4.78, 5) is 24.2. The molecule has 0 bridgehead atoms. The lowest BCUT2D eigenvalue weighted by molar-refractivity contribution is -0.152. The second kappa shape index (κ2) is 13.3. The minimum Gasteiger partial charge on any atom is -0.462 e. The van der Waals surface area contributed by atoms with Gasteiger partial charge in [0.1, 0.15) is 18.0 Å². The second-order valence-electron chi connectivity index (χ2n) is 14.9. The molecule has 0 radical (unpaired) electrons. The molecule has 2 heterocycles. The topological polar surface area (TPSA) is 102 Å². The molecule has 0 aromatic heterocycles. The van der Waals surface area contributed by atoms with Crippen LogP contribution in [-0.4, -0.2) is 51.7 Å². The van der Waals surface area contributed by atoms with E-state index in [9.17, 15) is 19.8 Å². The second-order valence-corrected chi connectivity index (χ2v) is 14.9. The van der Waals surface area contributed by atoms with Gasteiger partial charge in [-0.25, -0.2) is 4.79 Å². The molecule has 2 aliphatic heterocycles. The van der Waals surface area contributed by atoms with Gasteiger partial charge in [-0.3, -0.25) is 4.79 Å². The first-order valence-corrected chi connectivity index (χ1v) is 16.1. The monoisotopic (exact) mass is 630 g/mol. The highest BCUT2D eigenvalue weighted by molar-refractivity contribution is 5.94. The molecular weight excluding hydrogens is 580 g/mol. The van der Waals surface area contributed by atoms with E-state index in [4.69, 9.17) is 14.2 Å².